The molecular weight excluding hydrogens is 368 g/mol. The summed E-state index contributed by atoms with van der Waals surface area (Å²) in [6, 6.07) is 10.3. The van der Waals surface area contributed by atoms with Gasteiger partial charge in [-0.3, -0.25) is 19.9 Å². The number of esters is 1. The van der Waals surface area contributed by atoms with Crippen molar-refractivity contribution in [3.8, 4) is 5.75 Å². The van der Waals surface area contributed by atoms with E-state index in [1.807, 2.05) is 0 Å². The van der Waals surface area contributed by atoms with Crippen LogP contribution in [0, 0.1) is 6.92 Å². The molecule has 0 aliphatic carbocycles. The molecule has 8 heteroatoms. The number of benzene rings is 1. The van der Waals surface area contributed by atoms with E-state index in [1.54, 1.807) is 55.8 Å². The van der Waals surface area contributed by atoms with Gasteiger partial charge in [0.2, 0.25) is 0 Å². The highest BCUT2D eigenvalue weighted by Gasteiger charge is 2.17. The van der Waals surface area contributed by atoms with E-state index in [0.29, 0.717) is 27.2 Å². The van der Waals surface area contributed by atoms with Gasteiger partial charge in [0, 0.05) is 5.39 Å². The van der Waals surface area contributed by atoms with Crippen LogP contribution < -0.4 is 10.1 Å². The Balaban J connectivity index is 1.67. The number of nitrogens with one attached hydrogen (secondary N) is 1. The van der Waals surface area contributed by atoms with Crippen LogP contribution in [0.4, 0.5) is 0 Å². The normalized spacial score (nSPS) is 10.4. The Labute approximate surface area is 158 Å². The van der Waals surface area contributed by atoms with Gasteiger partial charge in [-0.15, -0.1) is 11.3 Å². The van der Waals surface area contributed by atoms with E-state index < -0.39 is 24.4 Å². The molecule has 0 spiro atoms. The zero-order valence-electron chi connectivity index (χ0n) is 14.6. The molecule has 0 atom stereocenters. The summed E-state index contributed by atoms with van der Waals surface area (Å²) in [5.41, 5.74) is 1.44. The van der Waals surface area contributed by atoms with Crippen LogP contribution in [0.2, 0.25) is 0 Å². The summed E-state index contributed by atoms with van der Waals surface area (Å²) >= 11 is 1.21. The largest absolute Gasteiger partial charge is 0.497 e. The van der Waals surface area contributed by atoms with Gasteiger partial charge in [-0.2, -0.15) is 0 Å². The zero-order valence-corrected chi connectivity index (χ0v) is 15.5. The van der Waals surface area contributed by atoms with Crippen molar-refractivity contribution in [1.29, 1.82) is 0 Å². The number of hydrogen-bond acceptors (Lipinski definition) is 7. The standard InChI is InChI=1S/C19H16N2O5S/c1-11-14(9-12-8-13(25-2)5-6-15(12)20-11)19(24)26-10-17(22)21-18(23)16-4-3-7-27-16/h3-9H,10H2,1-2H3,(H,21,22,23). The third kappa shape index (κ3) is 4.29. The summed E-state index contributed by atoms with van der Waals surface area (Å²) < 4.78 is 10.2. The van der Waals surface area contributed by atoms with Gasteiger partial charge in [-0.05, 0) is 42.6 Å². The van der Waals surface area contributed by atoms with Gasteiger partial charge in [0.1, 0.15) is 5.75 Å². The molecule has 138 valence electrons. The summed E-state index contributed by atoms with van der Waals surface area (Å²) in [5, 5.41) is 4.61. The highest BCUT2D eigenvalue weighted by Crippen LogP contribution is 2.22. The number of fused-ring (bicyclic) bond motifs is 1. The fourth-order valence-electron chi connectivity index (χ4n) is 2.43. The highest BCUT2D eigenvalue weighted by atomic mass is 32.1. The lowest BCUT2D eigenvalue weighted by molar-refractivity contribution is -0.123. The maximum absolute atomic E-state index is 12.3. The molecule has 0 aliphatic rings. The van der Waals surface area contributed by atoms with E-state index in [4.69, 9.17) is 9.47 Å². The van der Waals surface area contributed by atoms with Gasteiger partial charge in [0.15, 0.2) is 6.61 Å². The van der Waals surface area contributed by atoms with Crippen molar-refractivity contribution in [2.75, 3.05) is 13.7 Å². The van der Waals surface area contributed by atoms with Crippen molar-refractivity contribution in [1.82, 2.24) is 10.3 Å². The number of aromatic nitrogens is 1. The van der Waals surface area contributed by atoms with E-state index >= 15 is 0 Å². The molecule has 0 saturated heterocycles. The number of hydrogen-bond donors (Lipinski definition) is 1. The first-order valence-electron chi connectivity index (χ1n) is 7.98. The number of amides is 2. The quantitative estimate of drug-likeness (QED) is 0.680. The molecule has 3 rings (SSSR count). The number of imide groups is 1. The molecule has 2 heterocycles. The summed E-state index contributed by atoms with van der Waals surface area (Å²) in [7, 11) is 1.55. The molecular formula is C19H16N2O5S. The smallest absolute Gasteiger partial charge is 0.340 e. The molecule has 0 fully saturated rings. The molecule has 0 aliphatic heterocycles. The Morgan fingerprint density at radius 1 is 1.19 bits per heavy atom. The third-order valence-corrected chi connectivity index (χ3v) is 4.63. The fourth-order valence-corrected chi connectivity index (χ4v) is 3.04. The average Bonchev–Trinajstić information content (AvgIpc) is 3.20. The minimum Gasteiger partial charge on any atom is -0.497 e. The second-order valence-corrected chi connectivity index (χ2v) is 6.56. The number of thiophene rings is 1. The first kappa shape index (κ1) is 18.5. The summed E-state index contributed by atoms with van der Waals surface area (Å²) in [4.78, 5) is 40.7. The monoisotopic (exact) mass is 384 g/mol. The highest BCUT2D eigenvalue weighted by molar-refractivity contribution is 7.12. The van der Waals surface area contributed by atoms with Crippen LogP contribution in [0.3, 0.4) is 0 Å². The first-order chi connectivity index (χ1) is 13.0. The first-order valence-corrected chi connectivity index (χ1v) is 8.86. The maximum Gasteiger partial charge on any atom is 0.340 e. The second-order valence-electron chi connectivity index (χ2n) is 5.61. The van der Waals surface area contributed by atoms with Crippen LogP contribution in [0.1, 0.15) is 25.7 Å². The van der Waals surface area contributed by atoms with Crippen LogP contribution >= 0.6 is 11.3 Å². The van der Waals surface area contributed by atoms with Crippen molar-refractivity contribution in [2.45, 2.75) is 6.92 Å². The Bertz CT molecular complexity index is 1010. The molecule has 0 bridgehead atoms. The van der Waals surface area contributed by atoms with Crippen LogP contribution in [0.25, 0.3) is 10.9 Å². The van der Waals surface area contributed by atoms with Gasteiger partial charge in [-0.1, -0.05) is 6.07 Å². The summed E-state index contributed by atoms with van der Waals surface area (Å²) in [5.74, 6) is -1.28. The van der Waals surface area contributed by atoms with E-state index in [-0.39, 0.29) is 5.56 Å². The topological polar surface area (TPSA) is 94.6 Å². The van der Waals surface area contributed by atoms with Crippen molar-refractivity contribution in [2.24, 2.45) is 0 Å². The van der Waals surface area contributed by atoms with Crippen molar-refractivity contribution >= 4 is 40.0 Å². The molecule has 27 heavy (non-hydrogen) atoms. The average molecular weight is 384 g/mol. The molecule has 1 N–H and O–H groups in total. The predicted molar refractivity (Wildman–Crippen MR) is 100 cm³/mol. The maximum atomic E-state index is 12.3. The second kappa shape index (κ2) is 7.96. The SMILES string of the molecule is COc1ccc2nc(C)c(C(=O)OCC(=O)NC(=O)c3cccs3)cc2c1. The van der Waals surface area contributed by atoms with Gasteiger partial charge < -0.3 is 9.47 Å². The van der Waals surface area contributed by atoms with Crippen molar-refractivity contribution < 1.29 is 23.9 Å². The van der Waals surface area contributed by atoms with Crippen LogP contribution in [0.15, 0.2) is 41.8 Å². The Morgan fingerprint density at radius 2 is 2.00 bits per heavy atom. The number of nitrogens with zero attached hydrogens (tertiary/aromatic N) is 1. The molecule has 2 aromatic heterocycles. The summed E-state index contributed by atoms with van der Waals surface area (Å²) in [6.45, 7) is 1.12. The minimum atomic E-state index is -0.699. The molecule has 0 unspecified atom stereocenters. The van der Waals surface area contributed by atoms with E-state index in [2.05, 4.69) is 10.3 Å². The van der Waals surface area contributed by atoms with Gasteiger partial charge in [0.25, 0.3) is 11.8 Å². The number of aryl methyl sites for hydroxylation is 1. The van der Waals surface area contributed by atoms with E-state index in [1.165, 1.54) is 11.3 Å². The fraction of sp³-hybridized carbons (Fsp3) is 0.158. The minimum absolute atomic E-state index is 0.244. The predicted octanol–water partition coefficient (Wildman–Crippen LogP) is 2.73. The molecule has 0 saturated carbocycles. The van der Waals surface area contributed by atoms with Crippen LogP contribution in [0.5, 0.6) is 5.75 Å². The summed E-state index contributed by atoms with van der Waals surface area (Å²) in [6.07, 6.45) is 0. The zero-order chi connectivity index (χ0) is 19.4. The molecule has 3 aromatic rings. The Kier molecular flexibility index (Phi) is 5.46. The molecule has 1 aromatic carbocycles. The van der Waals surface area contributed by atoms with E-state index in [9.17, 15) is 14.4 Å². The molecule has 7 nitrogen and oxygen atoms in total. The third-order valence-electron chi connectivity index (χ3n) is 3.76. The number of carbonyl (C=O) groups excluding carboxylic acids is 3. The lowest BCUT2D eigenvalue weighted by Crippen LogP contribution is -2.33. The lowest BCUT2D eigenvalue weighted by atomic mass is 10.1. The van der Waals surface area contributed by atoms with E-state index in [0.717, 1.165) is 0 Å². The van der Waals surface area contributed by atoms with Crippen molar-refractivity contribution in [3.63, 3.8) is 0 Å². The number of carbonyl (C=O) groups is 3. The Morgan fingerprint density at radius 3 is 2.70 bits per heavy atom. The number of pyridine rings is 1. The lowest BCUT2D eigenvalue weighted by Gasteiger charge is -2.09. The van der Waals surface area contributed by atoms with Gasteiger partial charge in [-0.25, -0.2) is 4.79 Å². The van der Waals surface area contributed by atoms with Gasteiger partial charge >= 0.3 is 5.97 Å². The number of methoxy groups -OCH3 is 1. The van der Waals surface area contributed by atoms with Gasteiger partial charge in [0.05, 0.1) is 28.8 Å². The van der Waals surface area contributed by atoms with Crippen LogP contribution in [-0.4, -0.2) is 36.5 Å². The van der Waals surface area contributed by atoms with Crippen LogP contribution in [-0.2, 0) is 9.53 Å². The Hall–Kier alpha value is -3.26. The molecule has 0 radical (unpaired) electrons. The van der Waals surface area contributed by atoms with Crippen molar-refractivity contribution in [3.05, 3.63) is 57.9 Å². The number of rotatable bonds is 5. The molecule has 2 amide bonds. The number of ether oxygens (including phenoxy) is 2.